The fourth-order valence-electron chi connectivity index (χ4n) is 5.59. The van der Waals surface area contributed by atoms with Gasteiger partial charge < -0.3 is 9.88 Å². The van der Waals surface area contributed by atoms with Crippen LogP contribution in [0.4, 0.5) is 0 Å². The van der Waals surface area contributed by atoms with Crippen LogP contribution in [0.3, 0.4) is 0 Å². The van der Waals surface area contributed by atoms with Crippen LogP contribution < -0.4 is 0 Å². The first-order valence-electron chi connectivity index (χ1n) is 11.2. The number of nitrogens with zero attached hydrogens (tertiary/aromatic N) is 1. The minimum Gasteiger partial charge on any atom is -0.345 e. The number of piperidine rings is 1. The number of hydrogen-bond donors (Lipinski definition) is 1. The van der Waals surface area contributed by atoms with Gasteiger partial charge in [-0.05, 0) is 73.8 Å². The second kappa shape index (κ2) is 7.21. The first kappa shape index (κ1) is 19.1. The summed E-state index contributed by atoms with van der Waals surface area (Å²) in [5.74, 6) is 0.560. The molecule has 1 aromatic heterocycles. The van der Waals surface area contributed by atoms with Crippen LogP contribution in [0.25, 0.3) is 21.7 Å². The third kappa shape index (κ3) is 3.19. The van der Waals surface area contributed by atoms with Crippen LogP contribution in [0.15, 0.2) is 76.7 Å². The Balaban J connectivity index is 1.37. The maximum Gasteiger partial charge on any atom is 0.222 e. The number of hydrogen-bond acceptors (Lipinski definition) is 3. The van der Waals surface area contributed by atoms with Crippen LogP contribution in [-0.2, 0) is 9.84 Å². The lowest BCUT2D eigenvalue weighted by atomic mass is 9.85. The maximum absolute atomic E-state index is 13.5. The van der Waals surface area contributed by atoms with Crippen molar-refractivity contribution < 1.29 is 8.42 Å². The summed E-state index contributed by atoms with van der Waals surface area (Å²) in [6, 6.07) is 22.0. The number of aromatic amines is 1. The van der Waals surface area contributed by atoms with Crippen LogP contribution in [0, 0.1) is 0 Å². The van der Waals surface area contributed by atoms with E-state index in [1.54, 1.807) is 12.1 Å². The van der Waals surface area contributed by atoms with Gasteiger partial charge in [0.2, 0.25) is 9.84 Å². The number of rotatable bonds is 3. The zero-order valence-corrected chi connectivity index (χ0v) is 18.2. The quantitative estimate of drug-likeness (QED) is 0.467. The lowest BCUT2D eigenvalue weighted by Gasteiger charge is -2.35. The zero-order chi connectivity index (χ0) is 21.0. The maximum atomic E-state index is 13.5. The fraction of sp³-hybridized carbons (Fsp3) is 0.308. The van der Waals surface area contributed by atoms with Crippen LogP contribution in [0.2, 0.25) is 0 Å². The van der Waals surface area contributed by atoms with E-state index < -0.39 is 9.84 Å². The molecule has 31 heavy (non-hydrogen) atoms. The van der Waals surface area contributed by atoms with Crippen LogP contribution in [-0.4, -0.2) is 37.4 Å². The molecule has 6 rings (SSSR count). The highest BCUT2D eigenvalue weighted by Gasteiger charge is 2.32. The molecule has 0 amide bonds. The Morgan fingerprint density at radius 1 is 0.871 bits per heavy atom. The van der Waals surface area contributed by atoms with Crippen molar-refractivity contribution in [3.8, 4) is 0 Å². The first-order chi connectivity index (χ1) is 15.1. The first-order valence-corrected chi connectivity index (χ1v) is 12.7. The number of sulfone groups is 1. The van der Waals surface area contributed by atoms with Gasteiger partial charge >= 0.3 is 0 Å². The molecule has 2 fully saturated rings. The van der Waals surface area contributed by atoms with Gasteiger partial charge in [0.15, 0.2) is 0 Å². The van der Waals surface area contributed by atoms with Crippen LogP contribution in [0.5, 0.6) is 0 Å². The molecule has 3 aromatic carbocycles. The molecule has 0 bridgehead atoms. The molecule has 0 aliphatic carbocycles. The van der Waals surface area contributed by atoms with Gasteiger partial charge in [-0.25, -0.2) is 8.42 Å². The topological polar surface area (TPSA) is 53.2 Å². The Labute approximate surface area is 182 Å². The summed E-state index contributed by atoms with van der Waals surface area (Å²) >= 11 is 0. The third-order valence-electron chi connectivity index (χ3n) is 7.24. The molecule has 3 heterocycles. The lowest BCUT2D eigenvalue weighted by Crippen LogP contribution is -2.37. The van der Waals surface area contributed by atoms with E-state index in [4.69, 9.17) is 0 Å². The second-order valence-corrected chi connectivity index (χ2v) is 10.9. The number of nitrogens with one attached hydrogen (secondary N) is 1. The summed E-state index contributed by atoms with van der Waals surface area (Å²) in [6.45, 7) is 2.43. The van der Waals surface area contributed by atoms with Gasteiger partial charge in [-0.1, -0.05) is 48.5 Å². The molecule has 0 spiro atoms. The smallest absolute Gasteiger partial charge is 0.222 e. The van der Waals surface area contributed by atoms with Gasteiger partial charge in [-0.15, -0.1) is 0 Å². The highest BCUT2D eigenvalue weighted by Crippen LogP contribution is 2.37. The molecule has 158 valence electrons. The Bertz CT molecular complexity index is 1380. The van der Waals surface area contributed by atoms with Gasteiger partial charge in [0.25, 0.3) is 0 Å². The summed E-state index contributed by atoms with van der Waals surface area (Å²) in [5, 5.41) is 2.90. The molecule has 2 atom stereocenters. The molecule has 4 aromatic rings. The highest BCUT2D eigenvalue weighted by molar-refractivity contribution is 7.91. The zero-order valence-electron chi connectivity index (χ0n) is 17.4. The standard InChI is InChI=1S/C26H26N2O2S/c29-31(30,25-9-3-6-18-5-1-2-8-23(18)25)26-17-21-11-10-19(16-24(21)27-26)20-12-14-28-13-4-7-22(28)15-20/h1-3,5-6,8-11,16-17,20,22,27H,4,7,12-15H2/t20-,22+/m1/s1. The van der Waals surface area contributed by atoms with E-state index in [9.17, 15) is 8.42 Å². The van der Waals surface area contributed by atoms with E-state index in [0.29, 0.717) is 10.8 Å². The molecule has 4 nitrogen and oxygen atoms in total. The van der Waals surface area contributed by atoms with E-state index in [1.165, 1.54) is 44.3 Å². The summed E-state index contributed by atoms with van der Waals surface area (Å²) in [7, 11) is -3.64. The molecule has 2 aliphatic rings. The number of fused-ring (bicyclic) bond motifs is 3. The predicted octanol–water partition coefficient (Wildman–Crippen LogP) is 5.50. The SMILES string of the molecule is O=S(=O)(c1cc2ccc([C@@H]3CCN4CCC[C@H]4C3)cc2[nH]1)c1cccc2ccccc12. The molecule has 2 aliphatic heterocycles. The second-order valence-electron chi connectivity index (χ2n) is 9.01. The predicted molar refractivity (Wildman–Crippen MR) is 124 cm³/mol. The highest BCUT2D eigenvalue weighted by atomic mass is 32.2. The van der Waals surface area contributed by atoms with Crippen molar-refractivity contribution in [1.29, 1.82) is 0 Å². The van der Waals surface area contributed by atoms with Crippen molar-refractivity contribution >= 4 is 31.5 Å². The molecular weight excluding hydrogens is 404 g/mol. The molecule has 5 heteroatoms. The monoisotopic (exact) mass is 430 g/mol. The largest absolute Gasteiger partial charge is 0.345 e. The Kier molecular flexibility index (Phi) is 4.44. The van der Waals surface area contributed by atoms with E-state index >= 15 is 0 Å². The number of benzene rings is 3. The summed E-state index contributed by atoms with van der Waals surface area (Å²) < 4.78 is 27.0. The van der Waals surface area contributed by atoms with E-state index in [0.717, 1.165) is 27.7 Å². The molecular formula is C26H26N2O2S. The van der Waals surface area contributed by atoms with Crippen molar-refractivity contribution in [1.82, 2.24) is 9.88 Å². The van der Waals surface area contributed by atoms with Crippen LogP contribution in [0.1, 0.15) is 37.2 Å². The Morgan fingerprint density at radius 2 is 1.74 bits per heavy atom. The summed E-state index contributed by atoms with van der Waals surface area (Å²) in [6.07, 6.45) is 5.04. The molecule has 0 unspecified atom stereocenters. The van der Waals surface area contributed by atoms with Crippen molar-refractivity contribution in [2.45, 2.75) is 47.6 Å². The molecule has 0 radical (unpaired) electrons. The average Bonchev–Trinajstić information content (AvgIpc) is 3.44. The number of H-pyrrole nitrogens is 1. The van der Waals surface area contributed by atoms with E-state index in [2.05, 4.69) is 28.1 Å². The van der Waals surface area contributed by atoms with Gasteiger partial charge in [0.1, 0.15) is 5.03 Å². The van der Waals surface area contributed by atoms with Gasteiger partial charge in [0.05, 0.1) is 4.90 Å². The minimum atomic E-state index is -3.64. The number of aromatic nitrogens is 1. The van der Waals surface area contributed by atoms with Crippen LogP contribution >= 0.6 is 0 Å². The fourth-order valence-corrected chi connectivity index (χ4v) is 7.09. The molecule has 1 N–H and O–H groups in total. The molecule has 2 saturated heterocycles. The van der Waals surface area contributed by atoms with Gasteiger partial charge in [-0.3, -0.25) is 0 Å². The minimum absolute atomic E-state index is 0.265. The summed E-state index contributed by atoms with van der Waals surface area (Å²) in [4.78, 5) is 6.22. The van der Waals surface area contributed by atoms with E-state index in [1.807, 2.05) is 36.4 Å². The lowest BCUT2D eigenvalue weighted by molar-refractivity contribution is 0.181. The summed E-state index contributed by atoms with van der Waals surface area (Å²) in [5.41, 5.74) is 2.24. The van der Waals surface area contributed by atoms with Crippen molar-refractivity contribution in [3.63, 3.8) is 0 Å². The average molecular weight is 431 g/mol. The van der Waals surface area contributed by atoms with Gasteiger partial charge in [-0.2, -0.15) is 0 Å². The third-order valence-corrected chi connectivity index (χ3v) is 8.98. The van der Waals surface area contributed by atoms with Gasteiger partial charge in [0, 0.05) is 22.3 Å². The van der Waals surface area contributed by atoms with E-state index in [-0.39, 0.29) is 5.03 Å². The normalized spacial score (nSPS) is 22.2. The van der Waals surface area contributed by atoms with Crippen molar-refractivity contribution in [2.75, 3.05) is 13.1 Å². The van der Waals surface area contributed by atoms with Crippen molar-refractivity contribution in [3.05, 3.63) is 72.3 Å². The Morgan fingerprint density at radius 3 is 2.68 bits per heavy atom. The Hall–Kier alpha value is -2.63. The van der Waals surface area contributed by atoms with Crippen molar-refractivity contribution in [2.24, 2.45) is 0 Å². The molecule has 0 saturated carbocycles.